The molecule has 1 aliphatic heterocycles. The van der Waals surface area contributed by atoms with Gasteiger partial charge in [-0.05, 0) is 37.7 Å². The van der Waals surface area contributed by atoms with Gasteiger partial charge < -0.3 is 10.2 Å². The number of carbonyl (C=O) groups excluding carboxylic acids is 2. The number of hydrogen-bond acceptors (Lipinski definition) is 3. The fraction of sp³-hybridized carbons (Fsp3) is 0.667. The second-order valence-corrected chi connectivity index (χ2v) is 8.87. The van der Waals surface area contributed by atoms with Crippen LogP contribution in [0.3, 0.4) is 0 Å². The van der Waals surface area contributed by atoms with Gasteiger partial charge in [0.15, 0.2) is 0 Å². The van der Waals surface area contributed by atoms with Crippen LogP contribution in [0.25, 0.3) is 0 Å². The van der Waals surface area contributed by atoms with Gasteiger partial charge >= 0.3 is 0 Å². The van der Waals surface area contributed by atoms with E-state index in [0.29, 0.717) is 12.5 Å². The molecule has 0 bridgehead atoms. The first-order valence-electron chi connectivity index (χ1n) is 11.4. The number of hydrogen-bond donors (Lipinski definition) is 1. The molecule has 1 saturated carbocycles. The summed E-state index contributed by atoms with van der Waals surface area (Å²) in [6.45, 7) is 9.78. The summed E-state index contributed by atoms with van der Waals surface area (Å²) in [7, 11) is 0. The number of nitrogens with zero attached hydrogens (tertiary/aromatic N) is 2. The van der Waals surface area contributed by atoms with Crippen molar-refractivity contribution in [3.8, 4) is 0 Å². The number of carbonyl (C=O) groups is 2. The van der Waals surface area contributed by atoms with E-state index < -0.39 is 0 Å². The Hall–Kier alpha value is -1.88. The lowest BCUT2D eigenvalue weighted by molar-refractivity contribution is -0.138. The van der Waals surface area contributed by atoms with E-state index >= 15 is 0 Å². The summed E-state index contributed by atoms with van der Waals surface area (Å²) in [5.74, 6) is 0.933. The molecule has 2 amide bonds. The number of aryl methyl sites for hydroxylation is 1. The Morgan fingerprint density at radius 1 is 1.14 bits per heavy atom. The minimum absolute atomic E-state index is 0.0665. The van der Waals surface area contributed by atoms with Crippen LogP contribution in [0, 0.1) is 18.8 Å². The van der Waals surface area contributed by atoms with Crippen molar-refractivity contribution in [2.45, 2.75) is 65.5 Å². The highest BCUT2D eigenvalue weighted by Gasteiger charge is 2.37. The zero-order valence-electron chi connectivity index (χ0n) is 18.3. The SMILES string of the molecule is CCC(C)C(=O)N1CCN(C(C(=O)NCc2cccc(C)c2)C2CCCC2)CC1. The highest BCUT2D eigenvalue weighted by Crippen LogP contribution is 2.31. The van der Waals surface area contributed by atoms with E-state index in [9.17, 15) is 9.59 Å². The number of benzene rings is 1. The number of rotatable bonds is 7. The summed E-state index contributed by atoms with van der Waals surface area (Å²) >= 11 is 0. The third-order valence-electron chi connectivity index (χ3n) is 6.72. The van der Waals surface area contributed by atoms with Gasteiger partial charge in [0.2, 0.25) is 11.8 Å². The predicted octanol–water partition coefficient (Wildman–Crippen LogP) is 3.36. The molecular weight excluding hydrogens is 362 g/mol. The molecule has 1 heterocycles. The Bertz CT molecular complexity index is 691. The van der Waals surface area contributed by atoms with Crippen molar-refractivity contribution in [1.82, 2.24) is 15.1 Å². The van der Waals surface area contributed by atoms with Crippen LogP contribution in [0.5, 0.6) is 0 Å². The van der Waals surface area contributed by atoms with E-state index in [0.717, 1.165) is 51.0 Å². The van der Waals surface area contributed by atoms with Gasteiger partial charge in [0.05, 0.1) is 6.04 Å². The maximum atomic E-state index is 13.2. The molecule has 0 radical (unpaired) electrons. The first-order chi connectivity index (χ1) is 14.0. The van der Waals surface area contributed by atoms with E-state index in [1.54, 1.807) is 0 Å². The molecule has 1 aromatic carbocycles. The largest absolute Gasteiger partial charge is 0.351 e. The highest BCUT2D eigenvalue weighted by molar-refractivity contribution is 5.82. The fourth-order valence-electron chi connectivity index (χ4n) is 4.77. The zero-order chi connectivity index (χ0) is 20.8. The first-order valence-corrected chi connectivity index (χ1v) is 11.4. The van der Waals surface area contributed by atoms with Gasteiger partial charge in [-0.3, -0.25) is 14.5 Å². The molecule has 0 spiro atoms. The Balaban J connectivity index is 1.61. The summed E-state index contributed by atoms with van der Waals surface area (Å²) < 4.78 is 0. The topological polar surface area (TPSA) is 52.7 Å². The standard InChI is InChI=1S/C24H37N3O2/c1-4-19(3)24(29)27-14-12-26(13-15-27)22(21-10-5-6-11-21)23(28)25-17-20-9-7-8-18(2)16-20/h7-9,16,19,21-22H,4-6,10-15,17H2,1-3H3,(H,25,28). The quantitative estimate of drug-likeness (QED) is 0.765. The molecule has 2 aliphatic rings. The van der Waals surface area contributed by atoms with Crippen molar-refractivity contribution in [1.29, 1.82) is 0 Å². The molecule has 5 heteroatoms. The summed E-state index contributed by atoms with van der Waals surface area (Å²) in [6.07, 6.45) is 5.59. The van der Waals surface area contributed by atoms with Gasteiger partial charge in [-0.25, -0.2) is 0 Å². The lowest BCUT2D eigenvalue weighted by atomic mass is 9.94. The van der Waals surface area contributed by atoms with Gasteiger partial charge in [0.1, 0.15) is 0 Å². The highest BCUT2D eigenvalue weighted by atomic mass is 16.2. The van der Waals surface area contributed by atoms with Crippen molar-refractivity contribution in [2.24, 2.45) is 11.8 Å². The van der Waals surface area contributed by atoms with E-state index in [1.807, 2.05) is 17.9 Å². The third-order valence-corrected chi connectivity index (χ3v) is 6.72. The molecule has 2 unspecified atom stereocenters. The predicted molar refractivity (Wildman–Crippen MR) is 116 cm³/mol. The molecule has 2 atom stereocenters. The number of amides is 2. The van der Waals surface area contributed by atoms with Crippen molar-refractivity contribution < 1.29 is 9.59 Å². The van der Waals surface area contributed by atoms with Gasteiger partial charge in [0.25, 0.3) is 0 Å². The maximum Gasteiger partial charge on any atom is 0.237 e. The number of piperazine rings is 1. The molecule has 3 rings (SSSR count). The maximum absolute atomic E-state index is 13.2. The van der Waals surface area contributed by atoms with Crippen LogP contribution in [-0.2, 0) is 16.1 Å². The average molecular weight is 400 g/mol. The molecule has 1 aliphatic carbocycles. The van der Waals surface area contributed by atoms with Gasteiger partial charge in [-0.15, -0.1) is 0 Å². The Morgan fingerprint density at radius 3 is 2.45 bits per heavy atom. The van der Waals surface area contributed by atoms with Crippen molar-refractivity contribution >= 4 is 11.8 Å². The van der Waals surface area contributed by atoms with Crippen LogP contribution in [0.4, 0.5) is 0 Å². The molecule has 5 nitrogen and oxygen atoms in total. The molecule has 1 aromatic rings. The molecular formula is C24H37N3O2. The summed E-state index contributed by atoms with van der Waals surface area (Å²) in [5.41, 5.74) is 2.36. The molecule has 1 N–H and O–H groups in total. The monoisotopic (exact) mass is 399 g/mol. The van der Waals surface area contributed by atoms with Crippen LogP contribution >= 0.6 is 0 Å². The summed E-state index contributed by atoms with van der Waals surface area (Å²) in [6, 6.07) is 8.25. The van der Waals surface area contributed by atoms with Gasteiger partial charge in [-0.2, -0.15) is 0 Å². The second kappa shape index (κ2) is 10.2. The smallest absolute Gasteiger partial charge is 0.237 e. The summed E-state index contributed by atoms with van der Waals surface area (Å²) in [4.78, 5) is 30.1. The first kappa shape index (κ1) is 21.8. The molecule has 2 fully saturated rings. The lowest BCUT2D eigenvalue weighted by Gasteiger charge is -2.41. The Kier molecular flexibility index (Phi) is 7.70. The van der Waals surface area contributed by atoms with Gasteiger partial charge in [-0.1, -0.05) is 56.5 Å². The molecule has 29 heavy (non-hydrogen) atoms. The average Bonchev–Trinajstić information content (AvgIpc) is 3.26. The van der Waals surface area contributed by atoms with E-state index in [2.05, 4.69) is 42.3 Å². The summed E-state index contributed by atoms with van der Waals surface area (Å²) in [5, 5.41) is 3.20. The lowest BCUT2D eigenvalue weighted by Crippen LogP contribution is -2.58. The van der Waals surface area contributed by atoms with Crippen LogP contribution in [0.2, 0.25) is 0 Å². The van der Waals surface area contributed by atoms with Crippen LogP contribution < -0.4 is 5.32 Å². The van der Waals surface area contributed by atoms with Crippen LogP contribution in [0.15, 0.2) is 24.3 Å². The van der Waals surface area contributed by atoms with E-state index in [4.69, 9.17) is 0 Å². The third kappa shape index (κ3) is 5.59. The Labute approximate surface area is 175 Å². The minimum atomic E-state index is -0.0665. The fourth-order valence-corrected chi connectivity index (χ4v) is 4.77. The van der Waals surface area contributed by atoms with Gasteiger partial charge in [0, 0.05) is 38.6 Å². The zero-order valence-corrected chi connectivity index (χ0v) is 18.3. The molecule has 1 saturated heterocycles. The van der Waals surface area contributed by atoms with E-state index in [1.165, 1.54) is 18.4 Å². The molecule has 160 valence electrons. The van der Waals surface area contributed by atoms with Crippen molar-refractivity contribution in [2.75, 3.05) is 26.2 Å². The minimum Gasteiger partial charge on any atom is -0.351 e. The van der Waals surface area contributed by atoms with Crippen molar-refractivity contribution in [3.05, 3.63) is 35.4 Å². The Morgan fingerprint density at radius 2 is 1.83 bits per heavy atom. The van der Waals surface area contributed by atoms with Crippen LogP contribution in [-0.4, -0.2) is 53.8 Å². The number of nitrogens with one attached hydrogen (secondary N) is 1. The molecule has 0 aromatic heterocycles. The van der Waals surface area contributed by atoms with Crippen molar-refractivity contribution in [3.63, 3.8) is 0 Å². The second-order valence-electron chi connectivity index (χ2n) is 8.87. The normalized spacial score (nSPS) is 20.4. The van der Waals surface area contributed by atoms with Crippen LogP contribution in [0.1, 0.15) is 57.1 Å². The van der Waals surface area contributed by atoms with E-state index in [-0.39, 0.29) is 23.8 Å².